The first-order chi connectivity index (χ1) is 5.70. The Hall–Kier alpha value is -0.0400. The van der Waals surface area contributed by atoms with Crippen molar-refractivity contribution < 1.29 is 0 Å². The summed E-state index contributed by atoms with van der Waals surface area (Å²) in [6, 6.07) is 0. The second-order valence-electron chi connectivity index (χ2n) is 3.29. The van der Waals surface area contributed by atoms with E-state index in [1.807, 2.05) is 13.8 Å². The second kappa shape index (κ2) is 11.0. The highest BCUT2D eigenvalue weighted by Gasteiger charge is 2.01. The predicted octanol–water partition coefficient (Wildman–Crippen LogP) is 3.40. The molecule has 0 aromatic rings. The number of rotatable bonds is 5. The van der Waals surface area contributed by atoms with E-state index in [-0.39, 0.29) is 0 Å². The van der Waals surface area contributed by atoms with Crippen LogP contribution in [0.15, 0.2) is 0 Å². The van der Waals surface area contributed by atoms with Gasteiger partial charge in [0, 0.05) is 6.54 Å². The fourth-order valence-corrected chi connectivity index (χ4v) is 1.21. The first-order valence-corrected chi connectivity index (χ1v) is 5.43. The molecule has 0 saturated heterocycles. The molecule has 0 aliphatic heterocycles. The molecule has 1 nitrogen and oxygen atoms in total. The Labute approximate surface area is 79.2 Å². The lowest BCUT2D eigenvalue weighted by atomic mass is 10.2. The van der Waals surface area contributed by atoms with Gasteiger partial charge in [-0.25, -0.2) is 0 Å². The van der Waals surface area contributed by atoms with Crippen LogP contribution in [0.25, 0.3) is 0 Å². The molecule has 0 aliphatic carbocycles. The van der Waals surface area contributed by atoms with E-state index >= 15 is 0 Å². The van der Waals surface area contributed by atoms with Gasteiger partial charge in [0.25, 0.3) is 0 Å². The third-order valence-electron chi connectivity index (χ3n) is 1.61. The average molecular weight is 173 g/mol. The van der Waals surface area contributed by atoms with E-state index in [0.717, 1.165) is 5.92 Å². The molecule has 0 aromatic carbocycles. The quantitative estimate of drug-likeness (QED) is 0.616. The summed E-state index contributed by atoms with van der Waals surface area (Å²) in [5.74, 6) is 0.812. The molecule has 0 aliphatic rings. The Morgan fingerprint density at radius 2 is 1.58 bits per heavy atom. The topological polar surface area (TPSA) is 3.24 Å². The van der Waals surface area contributed by atoms with Crippen LogP contribution < -0.4 is 0 Å². The highest BCUT2D eigenvalue weighted by Crippen LogP contribution is 1.98. The van der Waals surface area contributed by atoms with Crippen molar-refractivity contribution in [2.24, 2.45) is 5.92 Å². The summed E-state index contributed by atoms with van der Waals surface area (Å²) < 4.78 is 0. The Morgan fingerprint density at radius 3 is 1.83 bits per heavy atom. The first kappa shape index (κ1) is 14.5. The summed E-state index contributed by atoms with van der Waals surface area (Å²) in [6.07, 6.45) is 1.28. The van der Waals surface area contributed by atoms with Gasteiger partial charge in [-0.15, -0.1) is 0 Å². The maximum atomic E-state index is 2.50. The maximum Gasteiger partial charge on any atom is 0.000426 e. The molecule has 0 aromatic heterocycles. The fraction of sp³-hybridized carbons (Fsp3) is 1.00. The van der Waals surface area contributed by atoms with E-state index in [0.29, 0.717) is 0 Å². The molecule has 12 heavy (non-hydrogen) atoms. The molecule has 0 rings (SSSR count). The summed E-state index contributed by atoms with van der Waals surface area (Å²) in [5.41, 5.74) is 0. The lowest BCUT2D eigenvalue weighted by molar-refractivity contribution is 0.257. The van der Waals surface area contributed by atoms with Gasteiger partial charge in [0.05, 0.1) is 0 Å². The van der Waals surface area contributed by atoms with Crippen LogP contribution in [-0.2, 0) is 0 Å². The largest absolute Gasteiger partial charge is 0.303 e. The van der Waals surface area contributed by atoms with Crippen molar-refractivity contribution in [3.8, 4) is 0 Å². The van der Waals surface area contributed by atoms with Crippen LogP contribution in [0.3, 0.4) is 0 Å². The van der Waals surface area contributed by atoms with E-state index in [2.05, 4.69) is 32.6 Å². The van der Waals surface area contributed by atoms with Gasteiger partial charge >= 0.3 is 0 Å². The zero-order chi connectivity index (χ0) is 9.98. The van der Waals surface area contributed by atoms with Crippen molar-refractivity contribution in [3.05, 3.63) is 0 Å². The molecule has 0 amide bonds. The number of nitrogens with zero attached hydrogens (tertiary/aromatic N) is 1. The Balaban J connectivity index is 0. The van der Waals surface area contributed by atoms with Gasteiger partial charge in [-0.2, -0.15) is 0 Å². The Morgan fingerprint density at radius 1 is 1.08 bits per heavy atom. The molecule has 0 bridgehead atoms. The van der Waals surface area contributed by atoms with E-state index in [1.54, 1.807) is 0 Å². The van der Waals surface area contributed by atoms with Crippen molar-refractivity contribution in [2.75, 3.05) is 19.6 Å². The minimum absolute atomic E-state index is 0.812. The third kappa shape index (κ3) is 9.96. The molecule has 0 unspecified atom stereocenters. The van der Waals surface area contributed by atoms with Crippen LogP contribution in [0.5, 0.6) is 0 Å². The van der Waals surface area contributed by atoms with E-state index in [9.17, 15) is 0 Å². The lowest BCUT2D eigenvalue weighted by Crippen LogP contribution is -2.28. The summed E-state index contributed by atoms with van der Waals surface area (Å²) in [4.78, 5) is 2.50. The van der Waals surface area contributed by atoms with E-state index < -0.39 is 0 Å². The molecular formula is C11H27N. The van der Waals surface area contributed by atoms with Crippen LogP contribution >= 0.6 is 0 Å². The summed E-state index contributed by atoms with van der Waals surface area (Å²) >= 11 is 0. The normalized spacial score (nSPS) is 10.0. The van der Waals surface area contributed by atoms with Gasteiger partial charge in [-0.3, -0.25) is 0 Å². The van der Waals surface area contributed by atoms with Crippen LogP contribution in [0, 0.1) is 5.92 Å². The highest BCUT2D eigenvalue weighted by molar-refractivity contribution is 4.56. The highest BCUT2D eigenvalue weighted by atomic mass is 15.1. The molecule has 0 spiro atoms. The molecule has 0 atom stereocenters. The van der Waals surface area contributed by atoms with Crippen molar-refractivity contribution in [3.63, 3.8) is 0 Å². The first-order valence-electron chi connectivity index (χ1n) is 5.43. The SMILES string of the molecule is CC.CCCN(CC)CC(C)C. The molecule has 76 valence electrons. The number of hydrogen-bond donors (Lipinski definition) is 0. The van der Waals surface area contributed by atoms with Crippen LogP contribution in [0.4, 0.5) is 0 Å². The molecule has 0 heterocycles. The van der Waals surface area contributed by atoms with Gasteiger partial charge in [-0.1, -0.05) is 41.5 Å². The van der Waals surface area contributed by atoms with Gasteiger partial charge in [0.15, 0.2) is 0 Å². The summed E-state index contributed by atoms with van der Waals surface area (Å²) in [5, 5.41) is 0. The molecule has 0 radical (unpaired) electrons. The molecular weight excluding hydrogens is 146 g/mol. The predicted molar refractivity (Wildman–Crippen MR) is 58.6 cm³/mol. The van der Waals surface area contributed by atoms with Crippen molar-refractivity contribution >= 4 is 0 Å². The smallest absolute Gasteiger partial charge is 0.000426 e. The zero-order valence-corrected chi connectivity index (χ0v) is 9.85. The van der Waals surface area contributed by atoms with Crippen LogP contribution in [0.1, 0.15) is 48.0 Å². The van der Waals surface area contributed by atoms with Gasteiger partial charge in [0.2, 0.25) is 0 Å². The average Bonchev–Trinajstić information content (AvgIpc) is 2.07. The van der Waals surface area contributed by atoms with Gasteiger partial charge in [-0.05, 0) is 25.4 Å². The third-order valence-corrected chi connectivity index (χ3v) is 1.61. The van der Waals surface area contributed by atoms with Gasteiger partial charge in [0.1, 0.15) is 0 Å². The molecule has 0 saturated carbocycles. The lowest BCUT2D eigenvalue weighted by Gasteiger charge is -2.21. The van der Waals surface area contributed by atoms with E-state index in [1.165, 1.54) is 26.1 Å². The van der Waals surface area contributed by atoms with Gasteiger partial charge < -0.3 is 4.90 Å². The Bertz CT molecular complexity index is 69.4. The van der Waals surface area contributed by atoms with Crippen molar-refractivity contribution in [1.82, 2.24) is 4.90 Å². The number of hydrogen-bond acceptors (Lipinski definition) is 1. The molecule has 0 fully saturated rings. The summed E-state index contributed by atoms with van der Waals surface area (Å²) in [6.45, 7) is 16.7. The zero-order valence-electron chi connectivity index (χ0n) is 9.85. The fourth-order valence-electron chi connectivity index (χ4n) is 1.21. The minimum atomic E-state index is 0.812. The Kier molecular flexibility index (Phi) is 13.2. The monoisotopic (exact) mass is 173 g/mol. The van der Waals surface area contributed by atoms with E-state index in [4.69, 9.17) is 0 Å². The minimum Gasteiger partial charge on any atom is -0.303 e. The molecule has 1 heteroatoms. The van der Waals surface area contributed by atoms with Crippen LogP contribution in [0.2, 0.25) is 0 Å². The second-order valence-corrected chi connectivity index (χ2v) is 3.29. The summed E-state index contributed by atoms with van der Waals surface area (Å²) in [7, 11) is 0. The van der Waals surface area contributed by atoms with Crippen LogP contribution in [-0.4, -0.2) is 24.5 Å². The standard InChI is InChI=1S/C9H21N.C2H6/c1-5-7-10(6-2)8-9(3)4;1-2/h9H,5-8H2,1-4H3;1-2H3. The molecule has 0 N–H and O–H groups in total. The van der Waals surface area contributed by atoms with Crippen molar-refractivity contribution in [2.45, 2.75) is 48.0 Å². The van der Waals surface area contributed by atoms with Crippen molar-refractivity contribution in [1.29, 1.82) is 0 Å². The maximum absolute atomic E-state index is 2.50.